The molecule has 0 unspecified atom stereocenters. The summed E-state index contributed by atoms with van der Waals surface area (Å²) in [5, 5.41) is 3.33. The first-order valence-corrected chi connectivity index (χ1v) is 8.34. The van der Waals surface area contributed by atoms with Crippen LogP contribution in [0.1, 0.15) is 17.3 Å². The maximum absolute atomic E-state index is 11.8. The number of ketones is 1. The van der Waals surface area contributed by atoms with E-state index in [1.807, 2.05) is 0 Å². The summed E-state index contributed by atoms with van der Waals surface area (Å²) < 4.78 is 16.1. The van der Waals surface area contributed by atoms with Gasteiger partial charge in [-0.25, -0.2) is 0 Å². The van der Waals surface area contributed by atoms with Crippen LogP contribution in [-0.4, -0.2) is 38.6 Å². The molecule has 0 bridgehead atoms. The van der Waals surface area contributed by atoms with Crippen molar-refractivity contribution < 1.29 is 23.8 Å². The van der Waals surface area contributed by atoms with Crippen molar-refractivity contribution in [1.29, 1.82) is 0 Å². The van der Waals surface area contributed by atoms with Crippen molar-refractivity contribution in [1.82, 2.24) is 5.32 Å². The molecule has 2 rings (SSSR count). The fourth-order valence-electron chi connectivity index (χ4n) is 2.09. The zero-order valence-electron chi connectivity index (χ0n) is 14.6. The van der Waals surface area contributed by atoms with Gasteiger partial charge < -0.3 is 19.5 Å². The number of carbonyl (C=O) groups is 2. The zero-order chi connectivity index (χ0) is 18.9. The summed E-state index contributed by atoms with van der Waals surface area (Å²) in [5.74, 6) is 1.10. The Kier molecular flexibility index (Phi) is 7.29. The molecule has 7 heteroatoms. The molecule has 2 aromatic carbocycles. The first-order chi connectivity index (χ1) is 12.5. The summed E-state index contributed by atoms with van der Waals surface area (Å²) in [4.78, 5) is 23.2. The number of benzene rings is 2. The van der Waals surface area contributed by atoms with Gasteiger partial charge in [0.15, 0.2) is 23.9 Å². The van der Waals surface area contributed by atoms with Crippen molar-refractivity contribution >= 4 is 23.3 Å². The van der Waals surface area contributed by atoms with Crippen molar-refractivity contribution in [2.24, 2.45) is 0 Å². The summed E-state index contributed by atoms with van der Waals surface area (Å²) in [6.45, 7) is 1.96. The molecule has 6 nitrogen and oxygen atoms in total. The minimum absolute atomic E-state index is 0.0757. The van der Waals surface area contributed by atoms with Crippen LogP contribution < -0.4 is 19.5 Å². The predicted octanol–water partition coefficient (Wildman–Crippen LogP) is 3.13. The van der Waals surface area contributed by atoms with E-state index < -0.39 is 0 Å². The number of hydrogen-bond donors (Lipinski definition) is 1. The SMILES string of the molecule is COc1cc(C(C)=O)ccc1OCC(=O)NCCOc1ccc(Cl)cc1. The maximum Gasteiger partial charge on any atom is 0.258 e. The van der Waals surface area contributed by atoms with Crippen LogP contribution in [0.4, 0.5) is 0 Å². The molecule has 0 aliphatic carbocycles. The Hall–Kier alpha value is -2.73. The van der Waals surface area contributed by atoms with Gasteiger partial charge in [-0.1, -0.05) is 11.6 Å². The monoisotopic (exact) mass is 377 g/mol. The standard InChI is InChI=1S/C19H20ClNO5/c1-13(22)14-3-8-17(18(11-14)24-2)26-12-19(23)21-9-10-25-16-6-4-15(20)5-7-16/h3-8,11H,9-10,12H2,1-2H3,(H,21,23). The lowest BCUT2D eigenvalue weighted by molar-refractivity contribution is -0.123. The average Bonchev–Trinajstić information content (AvgIpc) is 2.64. The van der Waals surface area contributed by atoms with Crippen LogP contribution in [-0.2, 0) is 4.79 Å². The first-order valence-electron chi connectivity index (χ1n) is 7.96. The van der Waals surface area contributed by atoms with E-state index in [0.29, 0.717) is 41.0 Å². The van der Waals surface area contributed by atoms with Gasteiger partial charge in [0.25, 0.3) is 5.91 Å². The number of Topliss-reactive ketones (excluding diaryl/α,β-unsaturated/α-hetero) is 1. The van der Waals surface area contributed by atoms with Gasteiger partial charge in [-0.15, -0.1) is 0 Å². The molecule has 138 valence electrons. The lowest BCUT2D eigenvalue weighted by Gasteiger charge is -2.12. The van der Waals surface area contributed by atoms with E-state index in [9.17, 15) is 9.59 Å². The van der Waals surface area contributed by atoms with Gasteiger partial charge in [-0.3, -0.25) is 9.59 Å². The van der Waals surface area contributed by atoms with Crippen LogP contribution in [0.25, 0.3) is 0 Å². The summed E-state index contributed by atoms with van der Waals surface area (Å²) in [5.41, 5.74) is 0.512. The van der Waals surface area contributed by atoms with E-state index in [1.165, 1.54) is 14.0 Å². The molecule has 0 aliphatic rings. The molecule has 26 heavy (non-hydrogen) atoms. The molecule has 0 aromatic heterocycles. The summed E-state index contributed by atoms with van der Waals surface area (Å²) in [6, 6.07) is 11.8. The Morgan fingerprint density at radius 1 is 1.04 bits per heavy atom. The largest absolute Gasteiger partial charge is 0.493 e. The second-order valence-electron chi connectivity index (χ2n) is 5.36. The second-order valence-corrected chi connectivity index (χ2v) is 5.80. The number of halogens is 1. The van der Waals surface area contributed by atoms with Crippen LogP contribution in [0.15, 0.2) is 42.5 Å². The molecule has 2 aromatic rings. The predicted molar refractivity (Wildman–Crippen MR) is 98.5 cm³/mol. The Morgan fingerprint density at radius 2 is 1.77 bits per heavy atom. The lowest BCUT2D eigenvalue weighted by atomic mass is 10.1. The van der Waals surface area contributed by atoms with Crippen molar-refractivity contribution in [2.75, 3.05) is 26.9 Å². The molecule has 0 fully saturated rings. The van der Waals surface area contributed by atoms with Gasteiger partial charge in [-0.2, -0.15) is 0 Å². The number of amides is 1. The minimum atomic E-state index is -0.289. The molecule has 0 saturated carbocycles. The molecule has 0 aliphatic heterocycles. The second kappa shape index (κ2) is 9.68. The number of ether oxygens (including phenoxy) is 3. The van der Waals surface area contributed by atoms with Gasteiger partial charge in [0, 0.05) is 10.6 Å². The quantitative estimate of drug-likeness (QED) is 0.537. The third-order valence-corrected chi connectivity index (χ3v) is 3.69. The highest BCUT2D eigenvalue weighted by atomic mass is 35.5. The van der Waals surface area contributed by atoms with Crippen molar-refractivity contribution in [3.8, 4) is 17.2 Å². The Bertz CT molecular complexity index is 761. The number of carbonyl (C=O) groups excluding carboxylic acids is 2. The number of methoxy groups -OCH3 is 1. The number of hydrogen-bond acceptors (Lipinski definition) is 5. The maximum atomic E-state index is 11.8. The van der Waals surface area contributed by atoms with Crippen LogP contribution >= 0.6 is 11.6 Å². The Labute approximate surface area is 157 Å². The van der Waals surface area contributed by atoms with Crippen LogP contribution in [0.5, 0.6) is 17.2 Å². The van der Waals surface area contributed by atoms with E-state index in [0.717, 1.165) is 0 Å². The van der Waals surface area contributed by atoms with Crippen LogP contribution in [0.2, 0.25) is 5.02 Å². The van der Waals surface area contributed by atoms with Crippen molar-refractivity contribution in [3.63, 3.8) is 0 Å². The highest BCUT2D eigenvalue weighted by Gasteiger charge is 2.10. The van der Waals surface area contributed by atoms with E-state index in [4.69, 9.17) is 25.8 Å². The van der Waals surface area contributed by atoms with Gasteiger partial charge >= 0.3 is 0 Å². The number of nitrogens with one attached hydrogen (secondary N) is 1. The zero-order valence-corrected chi connectivity index (χ0v) is 15.3. The topological polar surface area (TPSA) is 73.9 Å². The van der Waals surface area contributed by atoms with Gasteiger partial charge in [0.1, 0.15) is 12.4 Å². The smallest absolute Gasteiger partial charge is 0.258 e. The Balaban J connectivity index is 1.74. The molecular formula is C19H20ClNO5. The highest BCUT2D eigenvalue weighted by molar-refractivity contribution is 6.30. The van der Waals surface area contributed by atoms with E-state index in [-0.39, 0.29) is 18.3 Å². The van der Waals surface area contributed by atoms with Crippen LogP contribution in [0.3, 0.4) is 0 Å². The van der Waals surface area contributed by atoms with Gasteiger partial charge in [0.2, 0.25) is 0 Å². The molecule has 1 amide bonds. The summed E-state index contributed by atoms with van der Waals surface area (Å²) >= 11 is 5.79. The normalized spacial score (nSPS) is 10.1. The van der Waals surface area contributed by atoms with Crippen LogP contribution in [0, 0.1) is 0 Å². The van der Waals surface area contributed by atoms with E-state index in [1.54, 1.807) is 42.5 Å². The third-order valence-electron chi connectivity index (χ3n) is 3.44. The molecule has 1 N–H and O–H groups in total. The van der Waals surface area contributed by atoms with Crippen molar-refractivity contribution in [3.05, 3.63) is 53.1 Å². The molecular weight excluding hydrogens is 358 g/mol. The summed E-state index contributed by atoms with van der Waals surface area (Å²) in [6.07, 6.45) is 0. The number of rotatable bonds is 9. The first kappa shape index (κ1) is 19.6. The molecule has 0 atom stereocenters. The summed E-state index contributed by atoms with van der Waals surface area (Å²) in [7, 11) is 1.47. The third kappa shape index (κ3) is 5.97. The minimum Gasteiger partial charge on any atom is -0.493 e. The molecule has 0 radical (unpaired) electrons. The molecule has 0 heterocycles. The van der Waals surface area contributed by atoms with Gasteiger partial charge in [0.05, 0.1) is 13.7 Å². The average molecular weight is 378 g/mol. The molecule has 0 saturated heterocycles. The lowest BCUT2D eigenvalue weighted by Crippen LogP contribution is -2.32. The fraction of sp³-hybridized carbons (Fsp3) is 0.263. The Morgan fingerprint density at radius 3 is 2.42 bits per heavy atom. The van der Waals surface area contributed by atoms with Gasteiger partial charge in [-0.05, 0) is 49.4 Å². The highest BCUT2D eigenvalue weighted by Crippen LogP contribution is 2.28. The fourth-order valence-corrected chi connectivity index (χ4v) is 2.22. The van der Waals surface area contributed by atoms with Crippen molar-refractivity contribution in [2.45, 2.75) is 6.92 Å². The van der Waals surface area contributed by atoms with E-state index >= 15 is 0 Å². The molecule has 0 spiro atoms. The van der Waals surface area contributed by atoms with E-state index in [2.05, 4.69) is 5.32 Å².